The summed E-state index contributed by atoms with van der Waals surface area (Å²) in [5, 5.41) is 0.680. The molecule has 5 nitrogen and oxygen atoms in total. The number of hydrogen-bond donors (Lipinski definition) is 0. The van der Waals surface area contributed by atoms with Crippen molar-refractivity contribution in [3.63, 3.8) is 0 Å². The molecule has 0 radical (unpaired) electrons. The van der Waals surface area contributed by atoms with E-state index in [1.807, 2.05) is 30.3 Å². The molecule has 1 aromatic heterocycles. The average Bonchev–Trinajstić information content (AvgIpc) is 3.35. The van der Waals surface area contributed by atoms with E-state index in [0.717, 1.165) is 48.7 Å². The summed E-state index contributed by atoms with van der Waals surface area (Å²) in [5.74, 6) is 2.14. The summed E-state index contributed by atoms with van der Waals surface area (Å²) in [5.41, 5.74) is 2.27. The van der Waals surface area contributed by atoms with E-state index in [0.29, 0.717) is 17.0 Å². The zero-order valence-electron chi connectivity index (χ0n) is 15.8. The Hall–Kier alpha value is -1.80. The second-order valence-corrected chi connectivity index (χ2v) is 10.0. The van der Waals surface area contributed by atoms with Crippen LogP contribution in [-0.4, -0.2) is 50.8 Å². The number of hydrogen-bond acceptors (Lipinski definition) is 5. The van der Waals surface area contributed by atoms with Crippen LogP contribution in [0, 0.1) is 11.8 Å². The van der Waals surface area contributed by atoms with Crippen molar-refractivity contribution in [1.82, 2.24) is 14.2 Å². The molecule has 28 heavy (non-hydrogen) atoms. The first-order valence-electron chi connectivity index (χ1n) is 9.57. The molecule has 3 heterocycles. The predicted molar refractivity (Wildman–Crippen MR) is 114 cm³/mol. The van der Waals surface area contributed by atoms with Crippen LogP contribution in [0.3, 0.4) is 0 Å². The summed E-state index contributed by atoms with van der Waals surface area (Å²) in [7, 11) is -0.828. The molecule has 3 unspecified atom stereocenters. The zero-order chi connectivity index (χ0) is 19.1. The third-order valence-electron chi connectivity index (χ3n) is 5.70. The van der Waals surface area contributed by atoms with E-state index in [1.54, 1.807) is 17.6 Å². The van der Waals surface area contributed by atoms with Crippen molar-refractivity contribution in [2.45, 2.75) is 6.54 Å². The van der Waals surface area contributed by atoms with Crippen LogP contribution in [0.1, 0.15) is 5.56 Å². The highest BCUT2D eigenvalue weighted by molar-refractivity contribution is 7.81. The Bertz CT molecular complexity index is 957. The molecule has 2 saturated heterocycles. The minimum absolute atomic E-state index is 0.658. The molecule has 0 bridgehead atoms. The fraction of sp³-hybridized carbons (Fsp3) is 0.381. The van der Waals surface area contributed by atoms with Crippen LogP contribution in [0.15, 0.2) is 48.5 Å². The molecule has 0 amide bonds. The maximum Gasteiger partial charge on any atom is 0.279 e. The molecule has 2 aromatic carbocycles. The molecule has 146 valence electrons. The molecular weight excluding hydrogens is 390 g/mol. The topological polar surface area (TPSA) is 45.7 Å². The van der Waals surface area contributed by atoms with Gasteiger partial charge in [0.1, 0.15) is 5.75 Å². The van der Waals surface area contributed by atoms with Gasteiger partial charge in [-0.1, -0.05) is 35.6 Å². The smallest absolute Gasteiger partial charge is 0.279 e. The van der Waals surface area contributed by atoms with Crippen LogP contribution in [0.25, 0.3) is 10.2 Å². The second kappa shape index (κ2) is 7.55. The Labute approximate surface area is 171 Å². The summed E-state index contributed by atoms with van der Waals surface area (Å²) >= 11 is 1.57. The fourth-order valence-electron chi connectivity index (χ4n) is 4.30. The van der Waals surface area contributed by atoms with Gasteiger partial charge in [-0.3, -0.25) is 4.90 Å². The minimum Gasteiger partial charge on any atom is -0.431 e. The summed E-state index contributed by atoms with van der Waals surface area (Å²) in [4.78, 5) is 7.05. The highest BCUT2D eigenvalue weighted by atomic mass is 32.2. The monoisotopic (exact) mass is 413 g/mol. The molecule has 5 rings (SSSR count). The number of nitrogens with zero attached hydrogens (tertiary/aromatic N) is 3. The molecule has 0 aliphatic carbocycles. The van der Waals surface area contributed by atoms with E-state index in [1.165, 1.54) is 5.56 Å². The van der Waals surface area contributed by atoms with Crippen molar-refractivity contribution in [3.8, 4) is 10.9 Å². The van der Waals surface area contributed by atoms with Crippen LogP contribution in [0.5, 0.6) is 10.9 Å². The van der Waals surface area contributed by atoms with Crippen LogP contribution in [-0.2, 0) is 17.5 Å². The lowest BCUT2D eigenvalue weighted by Crippen LogP contribution is -2.29. The number of rotatable bonds is 5. The van der Waals surface area contributed by atoms with Gasteiger partial charge in [0.2, 0.25) is 0 Å². The van der Waals surface area contributed by atoms with E-state index in [9.17, 15) is 4.21 Å². The number of ether oxygens (including phenoxy) is 1. The number of aromatic nitrogens is 1. The number of thiazole rings is 1. The lowest BCUT2D eigenvalue weighted by Gasteiger charge is -2.19. The van der Waals surface area contributed by atoms with Gasteiger partial charge in [0.15, 0.2) is 0 Å². The van der Waals surface area contributed by atoms with Gasteiger partial charge < -0.3 is 4.74 Å². The Balaban J connectivity index is 1.19. The van der Waals surface area contributed by atoms with E-state index in [-0.39, 0.29) is 0 Å². The fourth-order valence-corrected chi connectivity index (χ4v) is 5.94. The standard InChI is InChI=1S/C21H23N3O2S2/c1-28(25)24-13-16-11-23(12-17(16)14-24)10-15-6-8-18(9-7-15)26-21-22-19-4-2-3-5-20(19)27-21/h2-9,16-17H,10-14H2,1H3. The number of para-hydroxylation sites is 1. The summed E-state index contributed by atoms with van der Waals surface area (Å²) in [6.07, 6.45) is 1.79. The van der Waals surface area contributed by atoms with Gasteiger partial charge in [-0.25, -0.2) is 13.5 Å². The molecule has 0 N–H and O–H groups in total. The zero-order valence-corrected chi connectivity index (χ0v) is 17.4. The highest BCUT2D eigenvalue weighted by Gasteiger charge is 2.40. The van der Waals surface area contributed by atoms with Gasteiger partial charge >= 0.3 is 0 Å². The summed E-state index contributed by atoms with van der Waals surface area (Å²) < 4.78 is 20.9. The summed E-state index contributed by atoms with van der Waals surface area (Å²) in [6.45, 7) is 5.10. The third kappa shape index (κ3) is 3.72. The highest BCUT2D eigenvalue weighted by Crippen LogP contribution is 2.33. The summed E-state index contributed by atoms with van der Waals surface area (Å²) in [6, 6.07) is 16.4. The maximum absolute atomic E-state index is 11.7. The molecule has 2 aliphatic heterocycles. The van der Waals surface area contributed by atoms with Crippen LogP contribution in [0.2, 0.25) is 0 Å². The van der Waals surface area contributed by atoms with Gasteiger partial charge in [-0.05, 0) is 41.7 Å². The lowest BCUT2D eigenvalue weighted by molar-refractivity contribution is 0.292. The van der Waals surface area contributed by atoms with Crippen molar-refractivity contribution >= 4 is 32.5 Å². The SMILES string of the molecule is CS(=O)N1CC2CN(Cc3ccc(Oc4nc5ccccc5s4)cc3)CC2C1. The van der Waals surface area contributed by atoms with Crippen LogP contribution in [0.4, 0.5) is 0 Å². The Morgan fingerprint density at radius 2 is 1.79 bits per heavy atom. The van der Waals surface area contributed by atoms with Gasteiger partial charge in [0.05, 0.1) is 21.2 Å². The second-order valence-electron chi connectivity index (χ2n) is 7.68. The lowest BCUT2D eigenvalue weighted by atomic mass is 10.0. The normalized spacial score (nSPS) is 23.9. The quantitative estimate of drug-likeness (QED) is 0.639. The van der Waals surface area contributed by atoms with E-state index in [2.05, 4.69) is 32.4 Å². The molecule has 2 aliphatic rings. The van der Waals surface area contributed by atoms with E-state index < -0.39 is 11.0 Å². The largest absolute Gasteiger partial charge is 0.431 e. The molecular formula is C21H23N3O2S2. The van der Waals surface area contributed by atoms with Gasteiger partial charge in [-0.15, -0.1) is 0 Å². The Kier molecular flexibility index (Phi) is 4.92. The van der Waals surface area contributed by atoms with Gasteiger partial charge in [0, 0.05) is 39.0 Å². The molecule has 0 saturated carbocycles. The Morgan fingerprint density at radius 3 is 2.46 bits per heavy atom. The van der Waals surface area contributed by atoms with Crippen molar-refractivity contribution in [2.24, 2.45) is 11.8 Å². The average molecular weight is 414 g/mol. The number of likely N-dealkylation sites (tertiary alicyclic amines) is 1. The minimum atomic E-state index is -0.828. The maximum atomic E-state index is 11.7. The van der Waals surface area contributed by atoms with Crippen LogP contribution < -0.4 is 4.74 Å². The van der Waals surface area contributed by atoms with E-state index in [4.69, 9.17) is 4.74 Å². The first-order valence-corrected chi connectivity index (χ1v) is 11.9. The Morgan fingerprint density at radius 1 is 1.07 bits per heavy atom. The van der Waals surface area contributed by atoms with Crippen molar-refractivity contribution < 1.29 is 8.95 Å². The molecule has 3 atom stereocenters. The number of benzene rings is 2. The predicted octanol–water partition coefficient (Wildman–Crippen LogP) is 3.75. The first-order chi connectivity index (χ1) is 13.6. The van der Waals surface area contributed by atoms with Crippen molar-refractivity contribution in [2.75, 3.05) is 32.4 Å². The molecule has 7 heteroatoms. The third-order valence-corrected chi connectivity index (χ3v) is 7.64. The van der Waals surface area contributed by atoms with Gasteiger partial charge in [0.25, 0.3) is 5.19 Å². The molecule has 0 spiro atoms. The molecule has 2 fully saturated rings. The van der Waals surface area contributed by atoms with Crippen molar-refractivity contribution in [1.29, 1.82) is 0 Å². The molecule has 3 aromatic rings. The van der Waals surface area contributed by atoms with Crippen LogP contribution >= 0.6 is 11.3 Å². The van der Waals surface area contributed by atoms with Crippen molar-refractivity contribution in [3.05, 3.63) is 54.1 Å². The van der Waals surface area contributed by atoms with Gasteiger partial charge in [-0.2, -0.15) is 0 Å². The first kappa shape index (κ1) is 18.2. The number of fused-ring (bicyclic) bond motifs is 2. The van der Waals surface area contributed by atoms with E-state index >= 15 is 0 Å².